The fourth-order valence-corrected chi connectivity index (χ4v) is 3.57. The van der Waals surface area contributed by atoms with Gasteiger partial charge in [0.15, 0.2) is 11.5 Å². The zero-order valence-corrected chi connectivity index (χ0v) is 17.2. The van der Waals surface area contributed by atoms with E-state index in [-0.39, 0.29) is 22.8 Å². The van der Waals surface area contributed by atoms with Crippen LogP contribution in [0, 0.1) is 0 Å². The maximum absolute atomic E-state index is 15.7. The van der Waals surface area contributed by atoms with Crippen molar-refractivity contribution >= 4 is 5.78 Å². The lowest BCUT2D eigenvalue weighted by Crippen LogP contribution is -2.62. The quantitative estimate of drug-likeness (QED) is 0.360. The van der Waals surface area contributed by atoms with Crippen molar-refractivity contribution in [3.05, 3.63) is 50.8 Å². The first-order valence-electron chi connectivity index (χ1n) is 9.14. The van der Waals surface area contributed by atoms with Gasteiger partial charge in [-0.25, -0.2) is 9.18 Å². The molecule has 0 spiro atoms. The van der Waals surface area contributed by atoms with Crippen molar-refractivity contribution in [3.63, 3.8) is 0 Å². The minimum absolute atomic E-state index is 0.0150. The van der Waals surface area contributed by atoms with E-state index in [0.29, 0.717) is 10.8 Å². The Morgan fingerprint density at radius 3 is 2.25 bits per heavy atom. The maximum atomic E-state index is 15.7. The molecule has 2 heterocycles. The van der Waals surface area contributed by atoms with Gasteiger partial charge in [0.05, 0.1) is 27.9 Å². The zero-order chi connectivity index (χ0) is 23.8. The van der Waals surface area contributed by atoms with Crippen molar-refractivity contribution in [2.24, 2.45) is 0 Å². The molecule has 0 amide bonds. The number of carbonyl (C=O) groups excluding carboxylic acids is 1. The van der Waals surface area contributed by atoms with Crippen LogP contribution in [-0.2, 0) is 10.5 Å². The van der Waals surface area contributed by atoms with E-state index < -0.39 is 47.4 Å². The van der Waals surface area contributed by atoms with E-state index in [1.807, 2.05) is 4.98 Å². The summed E-state index contributed by atoms with van der Waals surface area (Å²) in [7, 11) is 3.83. The normalized spacial score (nSPS) is 27.2. The molecule has 0 unspecified atom stereocenters. The van der Waals surface area contributed by atoms with Gasteiger partial charge in [0, 0.05) is 17.8 Å². The number of hydrogen-bond acceptors (Lipinski definition) is 10. The zero-order valence-electron chi connectivity index (χ0n) is 17.2. The van der Waals surface area contributed by atoms with Gasteiger partial charge in [0.25, 0.3) is 17.1 Å². The lowest BCUT2D eigenvalue weighted by molar-refractivity contribution is -0.234. The Morgan fingerprint density at radius 1 is 1.22 bits per heavy atom. The van der Waals surface area contributed by atoms with Crippen LogP contribution in [0.5, 0.6) is 17.2 Å². The predicted molar refractivity (Wildman–Crippen MR) is 104 cm³/mol. The first kappa shape index (κ1) is 23.4. The average Bonchev–Trinajstić information content (AvgIpc) is 2.98. The second kappa shape index (κ2) is 8.35. The lowest BCUT2D eigenvalue weighted by Gasteiger charge is -2.35. The number of ketones is 1. The number of carbonyl (C=O) groups is 1. The number of ether oxygens (including phenoxy) is 4. The Balaban J connectivity index is 2.34. The number of halogens is 1. The summed E-state index contributed by atoms with van der Waals surface area (Å²) < 4.78 is 36.8. The van der Waals surface area contributed by atoms with Crippen LogP contribution in [-0.4, -0.2) is 76.7 Å². The molecule has 4 N–H and O–H groups in total. The van der Waals surface area contributed by atoms with Crippen LogP contribution in [0.2, 0.25) is 0 Å². The molecule has 1 aromatic carbocycles. The molecule has 0 bridgehead atoms. The van der Waals surface area contributed by atoms with Gasteiger partial charge in [-0.1, -0.05) is 0 Å². The first-order valence-corrected chi connectivity index (χ1v) is 9.14. The standard InChI is InChI=1S/C19H21FN2O10/c1-29-10-6-9(7-11(30-2)14(10)31-3)15(25)19(22-5-4-13(24)21-17(22)27)18(20,28)16(26)12(8-23)32-19/h4-7,12,16,23,26,28H,8H2,1-3H3,(H,21,24,27)/t12-,16-,18-,19-/m1/s1. The average molecular weight is 456 g/mol. The molecular formula is C19H21FN2O10. The van der Waals surface area contributed by atoms with Crippen molar-refractivity contribution in [2.75, 3.05) is 27.9 Å². The van der Waals surface area contributed by atoms with Gasteiger partial charge in [-0.15, -0.1) is 0 Å². The van der Waals surface area contributed by atoms with Gasteiger partial charge in [-0.2, -0.15) is 0 Å². The number of nitrogens with one attached hydrogen (secondary N) is 1. The SMILES string of the molecule is COc1cc(C(=O)[C@@]2(n3ccc(=O)[nH]c3=O)O[C@H](CO)[C@@H](O)[C@]2(O)F)cc(OC)c1OC. The van der Waals surface area contributed by atoms with Gasteiger partial charge in [-0.05, 0) is 12.1 Å². The topological polar surface area (TPSA) is 170 Å². The summed E-state index contributed by atoms with van der Waals surface area (Å²) in [5.41, 5.74) is -5.80. The highest BCUT2D eigenvalue weighted by Gasteiger charge is 2.72. The second-order valence-corrected chi connectivity index (χ2v) is 6.82. The number of rotatable bonds is 7. The number of aromatic amines is 1. The molecular weight excluding hydrogens is 435 g/mol. The van der Waals surface area contributed by atoms with E-state index in [4.69, 9.17) is 18.9 Å². The fraction of sp³-hybridized carbons (Fsp3) is 0.421. The fourth-order valence-electron chi connectivity index (χ4n) is 3.57. The number of hydrogen-bond donors (Lipinski definition) is 4. The number of nitrogens with zero attached hydrogens (tertiary/aromatic N) is 1. The van der Waals surface area contributed by atoms with E-state index in [1.165, 1.54) is 21.3 Å². The number of Topliss-reactive ketones (excluding diaryl/α,β-unsaturated/α-hetero) is 1. The summed E-state index contributed by atoms with van der Waals surface area (Å²) in [6, 6.07) is 3.00. The van der Waals surface area contributed by atoms with Crippen molar-refractivity contribution in [1.82, 2.24) is 9.55 Å². The second-order valence-electron chi connectivity index (χ2n) is 6.82. The molecule has 1 aliphatic heterocycles. The van der Waals surface area contributed by atoms with E-state index in [0.717, 1.165) is 18.2 Å². The van der Waals surface area contributed by atoms with Gasteiger partial charge >= 0.3 is 5.69 Å². The third-order valence-corrected chi connectivity index (χ3v) is 5.12. The predicted octanol–water partition coefficient (Wildman–Crippen LogP) is -1.49. The van der Waals surface area contributed by atoms with Crippen LogP contribution < -0.4 is 25.5 Å². The lowest BCUT2D eigenvalue weighted by atomic mass is 9.91. The molecule has 1 saturated heterocycles. The highest BCUT2D eigenvalue weighted by Crippen LogP contribution is 2.48. The van der Waals surface area contributed by atoms with Gasteiger partial charge in [0.2, 0.25) is 11.5 Å². The largest absolute Gasteiger partial charge is 0.493 e. The summed E-state index contributed by atoms with van der Waals surface area (Å²) in [5, 5.41) is 30.3. The molecule has 2 aromatic rings. The van der Waals surface area contributed by atoms with Crippen molar-refractivity contribution in [1.29, 1.82) is 0 Å². The van der Waals surface area contributed by atoms with Crippen LogP contribution in [0.4, 0.5) is 4.39 Å². The number of aromatic nitrogens is 2. The van der Waals surface area contributed by atoms with E-state index in [9.17, 15) is 29.7 Å². The molecule has 174 valence electrons. The summed E-state index contributed by atoms with van der Waals surface area (Å²) >= 11 is 0. The number of benzene rings is 1. The molecule has 3 rings (SSSR count). The number of aliphatic hydroxyl groups excluding tert-OH is 2. The maximum Gasteiger partial charge on any atom is 0.331 e. The number of aliphatic hydroxyl groups is 3. The third-order valence-electron chi connectivity index (χ3n) is 5.12. The molecule has 32 heavy (non-hydrogen) atoms. The molecule has 4 atom stereocenters. The minimum Gasteiger partial charge on any atom is -0.493 e. The molecule has 1 aromatic heterocycles. The molecule has 0 radical (unpaired) electrons. The Morgan fingerprint density at radius 2 is 1.81 bits per heavy atom. The number of alkyl halides is 1. The summed E-state index contributed by atoms with van der Waals surface area (Å²) in [4.78, 5) is 39.5. The van der Waals surface area contributed by atoms with Crippen LogP contribution in [0.25, 0.3) is 0 Å². The Bertz CT molecular complexity index is 1120. The van der Waals surface area contributed by atoms with Crippen molar-refractivity contribution in [2.45, 2.75) is 23.8 Å². The summed E-state index contributed by atoms with van der Waals surface area (Å²) in [6.45, 7) is -1.00. The highest BCUT2D eigenvalue weighted by molar-refractivity contribution is 6.03. The summed E-state index contributed by atoms with van der Waals surface area (Å²) in [5.74, 6) is -5.21. The van der Waals surface area contributed by atoms with Gasteiger partial charge < -0.3 is 34.3 Å². The van der Waals surface area contributed by atoms with Crippen LogP contribution in [0.15, 0.2) is 34.0 Å². The molecule has 0 aliphatic carbocycles. The molecule has 12 nitrogen and oxygen atoms in total. The Kier molecular flexibility index (Phi) is 6.11. The number of methoxy groups -OCH3 is 3. The minimum atomic E-state index is -3.92. The smallest absolute Gasteiger partial charge is 0.331 e. The van der Waals surface area contributed by atoms with E-state index >= 15 is 4.39 Å². The molecule has 1 fully saturated rings. The monoisotopic (exact) mass is 456 g/mol. The van der Waals surface area contributed by atoms with Crippen LogP contribution in [0.3, 0.4) is 0 Å². The molecule has 0 saturated carbocycles. The van der Waals surface area contributed by atoms with Crippen LogP contribution >= 0.6 is 0 Å². The third kappa shape index (κ3) is 3.26. The summed E-state index contributed by atoms with van der Waals surface area (Å²) in [6.07, 6.45) is -3.51. The Labute approximate surface area is 179 Å². The molecule has 1 aliphatic rings. The molecule has 13 heteroatoms. The van der Waals surface area contributed by atoms with Crippen LogP contribution in [0.1, 0.15) is 10.4 Å². The van der Waals surface area contributed by atoms with E-state index in [1.54, 1.807) is 0 Å². The highest BCUT2D eigenvalue weighted by atomic mass is 19.2. The first-order chi connectivity index (χ1) is 15.1. The van der Waals surface area contributed by atoms with Crippen molar-refractivity contribution in [3.8, 4) is 17.2 Å². The number of H-pyrrole nitrogens is 1. The van der Waals surface area contributed by atoms with E-state index in [2.05, 4.69) is 0 Å². The van der Waals surface area contributed by atoms with Gasteiger partial charge in [-0.3, -0.25) is 19.1 Å². The van der Waals surface area contributed by atoms with Crippen molar-refractivity contribution < 1.29 is 43.5 Å². The Hall–Kier alpha value is -3.26. The van der Waals surface area contributed by atoms with Gasteiger partial charge in [0.1, 0.15) is 12.2 Å².